The van der Waals surface area contributed by atoms with Gasteiger partial charge in [0.05, 0.1) is 5.56 Å². The smallest absolute Gasteiger partial charge is 0.316 e. The highest BCUT2D eigenvalue weighted by atomic mass is 32.2. The average Bonchev–Trinajstić information content (AvgIpc) is 2.61. The monoisotopic (exact) mass is 342 g/mol. The Labute approximate surface area is 144 Å². The predicted molar refractivity (Wildman–Crippen MR) is 92.1 cm³/mol. The third kappa shape index (κ3) is 3.43. The van der Waals surface area contributed by atoms with Crippen LogP contribution in [0.15, 0.2) is 47.6 Å². The van der Waals surface area contributed by atoms with E-state index in [1.54, 1.807) is 24.1 Å². The summed E-state index contributed by atoms with van der Waals surface area (Å²) in [7, 11) is 0. The first kappa shape index (κ1) is 16.5. The largest absolute Gasteiger partial charge is 0.480 e. The maximum Gasteiger partial charge on any atom is 0.316 e. The number of carboxylic acids is 1. The highest BCUT2D eigenvalue weighted by molar-refractivity contribution is 8.00. The lowest BCUT2D eigenvalue weighted by molar-refractivity contribution is -0.136. The number of fused-ring (bicyclic) bond motifs is 1. The molecule has 1 aliphatic heterocycles. The number of hydrogen-bond acceptors (Lipinski definition) is 4. The first-order valence-corrected chi connectivity index (χ1v) is 8.63. The molecule has 6 heteroatoms. The Morgan fingerprint density at radius 1 is 1.25 bits per heavy atom. The van der Waals surface area contributed by atoms with Gasteiger partial charge in [-0.05, 0) is 30.5 Å². The Balaban J connectivity index is 1.82. The van der Waals surface area contributed by atoms with Gasteiger partial charge in [0.1, 0.15) is 5.25 Å². The quantitative estimate of drug-likeness (QED) is 0.865. The third-order valence-corrected chi connectivity index (χ3v) is 5.25. The topological polar surface area (TPSA) is 70.5 Å². The number of carbonyl (C=O) groups is 2. The number of carboxylic acid groups (broad SMARTS) is 1. The zero-order chi connectivity index (χ0) is 17.1. The average molecular weight is 342 g/mol. The van der Waals surface area contributed by atoms with Crippen molar-refractivity contribution in [2.45, 2.75) is 30.0 Å². The number of thioether (sulfide) groups is 1. The summed E-state index contributed by atoms with van der Waals surface area (Å²) in [4.78, 5) is 30.5. The minimum Gasteiger partial charge on any atom is -0.480 e. The van der Waals surface area contributed by atoms with E-state index in [2.05, 4.69) is 11.1 Å². The molecular weight excluding hydrogens is 324 g/mol. The molecule has 1 amide bonds. The van der Waals surface area contributed by atoms with Crippen molar-refractivity contribution in [1.29, 1.82) is 0 Å². The van der Waals surface area contributed by atoms with Gasteiger partial charge in [0.2, 0.25) is 0 Å². The maximum atomic E-state index is 12.9. The minimum atomic E-state index is -0.901. The van der Waals surface area contributed by atoms with Crippen LogP contribution in [0.25, 0.3) is 0 Å². The van der Waals surface area contributed by atoms with Gasteiger partial charge in [-0.3, -0.25) is 14.6 Å². The Morgan fingerprint density at radius 3 is 2.75 bits per heavy atom. The Morgan fingerprint density at radius 2 is 2.00 bits per heavy atom. The lowest BCUT2D eigenvalue weighted by atomic mass is 9.99. The van der Waals surface area contributed by atoms with Crippen LogP contribution in [-0.4, -0.2) is 38.7 Å². The van der Waals surface area contributed by atoms with Crippen molar-refractivity contribution in [3.63, 3.8) is 0 Å². The van der Waals surface area contributed by atoms with Gasteiger partial charge in [-0.2, -0.15) is 0 Å². The predicted octanol–water partition coefficient (Wildman–Crippen LogP) is 2.85. The second kappa shape index (κ2) is 7.05. The summed E-state index contributed by atoms with van der Waals surface area (Å²) < 4.78 is 0. The fourth-order valence-corrected chi connectivity index (χ4v) is 3.61. The lowest BCUT2D eigenvalue weighted by Gasteiger charge is -2.29. The number of rotatable bonds is 4. The zero-order valence-corrected chi connectivity index (χ0v) is 14.1. The minimum absolute atomic E-state index is 0.0994. The molecule has 0 spiro atoms. The van der Waals surface area contributed by atoms with Crippen molar-refractivity contribution < 1.29 is 14.7 Å². The summed E-state index contributed by atoms with van der Waals surface area (Å²) >= 11 is 1.17. The first-order chi connectivity index (χ1) is 11.6. The van der Waals surface area contributed by atoms with E-state index in [0.29, 0.717) is 23.5 Å². The molecule has 0 saturated heterocycles. The molecule has 1 unspecified atom stereocenters. The summed E-state index contributed by atoms with van der Waals surface area (Å²) in [5.74, 6) is -1.00. The number of aliphatic carboxylic acids is 1. The van der Waals surface area contributed by atoms with Crippen molar-refractivity contribution in [2.75, 3.05) is 6.54 Å². The molecule has 2 aromatic rings. The third-order valence-electron chi connectivity index (χ3n) is 4.08. The molecule has 0 bridgehead atoms. The summed E-state index contributed by atoms with van der Waals surface area (Å²) in [6.07, 6.45) is 3.94. The van der Waals surface area contributed by atoms with Crippen molar-refractivity contribution in [3.05, 3.63) is 59.4 Å². The number of pyridine rings is 1. The van der Waals surface area contributed by atoms with Crippen molar-refractivity contribution in [3.8, 4) is 0 Å². The van der Waals surface area contributed by atoms with Crippen LogP contribution in [0.4, 0.5) is 0 Å². The van der Waals surface area contributed by atoms with Crippen LogP contribution >= 0.6 is 11.8 Å². The number of carbonyl (C=O) groups excluding carboxylic acids is 1. The van der Waals surface area contributed by atoms with E-state index in [4.69, 9.17) is 5.11 Å². The van der Waals surface area contributed by atoms with E-state index in [1.165, 1.54) is 23.5 Å². The second-order valence-electron chi connectivity index (χ2n) is 5.72. The Bertz CT molecular complexity index is 778. The van der Waals surface area contributed by atoms with Crippen molar-refractivity contribution in [2.24, 2.45) is 0 Å². The molecule has 2 heterocycles. The van der Waals surface area contributed by atoms with Crippen LogP contribution < -0.4 is 0 Å². The van der Waals surface area contributed by atoms with Gasteiger partial charge in [-0.15, -0.1) is 11.8 Å². The SMILES string of the molecule is CC(Sc1ccncc1C(=O)N1CCc2ccccc2C1)C(=O)O. The molecule has 24 heavy (non-hydrogen) atoms. The van der Waals surface area contributed by atoms with Gasteiger partial charge < -0.3 is 10.0 Å². The van der Waals surface area contributed by atoms with Crippen molar-refractivity contribution >= 4 is 23.6 Å². The maximum absolute atomic E-state index is 12.9. The van der Waals surface area contributed by atoms with Crippen LogP contribution in [0.1, 0.15) is 28.4 Å². The molecule has 3 rings (SSSR count). The van der Waals surface area contributed by atoms with E-state index < -0.39 is 11.2 Å². The number of hydrogen-bond donors (Lipinski definition) is 1. The molecule has 0 aliphatic carbocycles. The zero-order valence-electron chi connectivity index (χ0n) is 13.3. The molecule has 1 N–H and O–H groups in total. The van der Waals surface area contributed by atoms with Crippen LogP contribution in [0, 0.1) is 0 Å². The Kier molecular flexibility index (Phi) is 4.85. The number of amides is 1. The molecule has 0 saturated carbocycles. The molecule has 124 valence electrons. The van der Waals surface area contributed by atoms with Crippen LogP contribution in [-0.2, 0) is 17.8 Å². The molecule has 1 aromatic carbocycles. The van der Waals surface area contributed by atoms with Gasteiger partial charge >= 0.3 is 5.97 Å². The summed E-state index contributed by atoms with van der Waals surface area (Å²) in [6, 6.07) is 9.83. The van der Waals surface area contributed by atoms with E-state index in [0.717, 1.165) is 12.0 Å². The summed E-state index contributed by atoms with van der Waals surface area (Å²) in [6.45, 7) is 2.84. The van der Waals surface area contributed by atoms with Gasteiger partial charge in [-0.25, -0.2) is 0 Å². The highest BCUT2D eigenvalue weighted by Gasteiger charge is 2.25. The fraction of sp³-hybridized carbons (Fsp3) is 0.278. The van der Waals surface area contributed by atoms with E-state index in [9.17, 15) is 9.59 Å². The van der Waals surface area contributed by atoms with Gasteiger partial charge in [0, 0.05) is 30.4 Å². The van der Waals surface area contributed by atoms with Crippen LogP contribution in [0.3, 0.4) is 0 Å². The van der Waals surface area contributed by atoms with E-state index >= 15 is 0 Å². The second-order valence-corrected chi connectivity index (χ2v) is 7.10. The molecular formula is C18H18N2O3S. The van der Waals surface area contributed by atoms with Crippen LogP contribution in [0.5, 0.6) is 0 Å². The molecule has 0 radical (unpaired) electrons. The number of nitrogens with zero attached hydrogens (tertiary/aromatic N) is 2. The van der Waals surface area contributed by atoms with Gasteiger partial charge in [0.15, 0.2) is 0 Å². The highest BCUT2D eigenvalue weighted by Crippen LogP contribution is 2.28. The fourth-order valence-electron chi connectivity index (χ4n) is 2.73. The number of benzene rings is 1. The van der Waals surface area contributed by atoms with Crippen molar-refractivity contribution in [1.82, 2.24) is 9.88 Å². The van der Waals surface area contributed by atoms with Gasteiger partial charge in [-0.1, -0.05) is 24.3 Å². The first-order valence-electron chi connectivity index (χ1n) is 7.76. The molecule has 1 atom stereocenters. The molecule has 1 aromatic heterocycles. The molecule has 0 fully saturated rings. The molecule has 1 aliphatic rings. The summed E-state index contributed by atoms with van der Waals surface area (Å²) in [5.41, 5.74) is 2.91. The Hall–Kier alpha value is -2.34. The summed E-state index contributed by atoms with van der Waals surface area (Å²) in [5, 5.41) is 8.47. The standard InChI is InChI=1S/C18H18N2O3S/c1-12(18(22)23)24-16-6-8-19-10-15(16)17(21)20-9-7-13-4-2-3-5-14(13)11-20/h2-6,8,10,12H,7,9,11H2,1H3,(H,22,23). The van der Waals surface area contributed by atoms with E-state index in [-0.39, 0.29) is 5.91 Å². The molecule has 5 nitrogen and oxygen atoms in total. The van der Waals surface area contributed by atoms with E-state index in [1.807, 2.05) is 18.2 Å². The number of aromatic nitrogens is 1. The normalized spacial score (nSPS) is 14.8. The van der Waals surface area contributed by atoms with Crippen LogP contribution in [0.2, 0.25) is 0 Å². The lowest BCUT2D eigenvalue weighted by Crippen LogP contribution is -2.36. The van der Waals surface area contributed by atoms with Gasteiger partial charge in [0.25, 0.3) is 5.91 Å².